The van der Waals surface area contributed by atoms with Crippen molar-refractivity contribution in [3.8, 4) is 11.5 Å². The first kappa shape index (κ1) is 16.9. The summed E-state index contributed by atoms with van der Waals surface area (Å²) in [5.41, 5.74) is 1.15. The topological polar surface area (TPSA) is 47.6 Å². The Balaban J connectivity index is 1.51. The van der Waals surface area contributed by atoms with Crippen LogP contribution in [-0.2, 0) is 11.2 Å². The zero-order valence-electron chi connectivity index (χ0n) is 14.6. The molecule has 3 unspecified atom stereocenters. The Labute approximate surface area is 144 Å². The molecular weight excluding hydrogens is 302 g/mol. The van der Waals surface area contributed by atoms with E-state index >= 15 is 0 Å². The minimum atomic E-state index is 0.180. The van der Waals surface area contributed by atoms with E-state index < -0.39 is 0 Å². The molecule has 2 aliphatic rings. The molecule has 24 heavy (non-hydrogen) atoms. The van der Waals surface area contributed by atoms with E-state index in [0.29, 0.717) is 31.6 Å². The van der Waals surface area contributed by atoms with Gasteiger partial charge in [-0.25, -0.2) is 0 Å². The van der Waals surface area contributed by atoms with Gasteiger partial charge in [0.2, 0.25) is 5.91 Å². The average Bonchev–Trinajstić information content (AvgIpc) is 3.20. The number of ether oxygens (including phenoxy) is 2. The quantitative estimate of drug-likeness (QED) is 0.744. The Bertz CT molecular complexity index is 611. The van der Waals surface area contributed by atoms with Crippen LogP contribution in [0.4, 0.5) is 0 Å². The molecule has 0 radical (unpaired) electrons. The summed E-state index contributed by atoms with van der Waals surface area (Å²) in [5.74, 6) is 3.04. The van der Waals surface area contributed by atoms with Gasteiger partial charge in [-0.3, -0.25) is 4.79 Å². The summed E-state index contributed by atoms with van der Waals surface area (Å²) in [4.78, 5) is 12.3. The Hall–Kier alpha value is -1.97. The van der Waals surface area contributed by atoms with E-state index in [-0.39, 0.29) is 11.8 Å². The van der Waals surface area contributed by atoms with E-state index in [1.165, 1.54) is 0 Å². The molecule has 2 aliphatic carbocycles. The maximum atomic E-state index is 12.3. The summed E-state index contributed by atoms with van der Waals surface area (Å²) in [7, 11) is 0. The van der Waals surface area contributed by atoms with Crippen LogP contribution >= 0.6 is 0 Å². The molecule has 1 saturated carbocycles. The van der Waals surface area contributed by atoms with Crippen LogP contribution in [0.5, 0.6) is 11.5 Å². The maximum absolute atomic E-state index is 12.3. The molecule has 0 heterocycles. The van der Waals surface area contributed by atoms with Crippen LogP contribution < -0.4 is 14.8 Å². The second-order valence-electron chi connectivity index (χ2n) is 6.57. The van der Waals surface area contributed by atoms with Crippen LogP contribution in [0, 0.1) is 17.8 Å². The lowest BCUT2D eigenvalue weighted by Gasteiger charge is -2.17. The normalized spacial score (nSPS) is 24.2. The number of benzene rings is 1. The van der Waals surface area contributed by atoms with Crippen molar-refractivity contribution in [2.45, 2.75) is 33.1 Å². The average molecular weight is 329 g/mol. The van der Waals surface area contributed by atoms with Gasteiger partial charge in [-0.15, -0.1) is 0 Å². The fourth-order valence-electron chi connectivity index (χ4n) is 3.79. The monoisotopic (exact) mass is 329 g/mol. The minimum absolute atomic E-state index is 0.180. The van der Waals surface area contributed by atoms with Crippen molar-refractivity contribution >= 4 is 5.91 Å². The Morgan fingerprint density at radius 2 is 1.92 bits per heavy atom. The van der Waals surface area contributed by atoms with Gasteiger partial charge in [-0.05, 0) is 62.6 Å². The summed E-state index contributed by atoms with van der Waals surface area (Å²) < 4.78 is 11.2. The summed E-state index contributed by atoms with van der Waals surface area (Å²) >= 11 is 0. The number of carbonyl (C=O) groups is 1. The molecule has 1 N–H and O–H groups in total. The second kappa shape index (κ2) is 7.73. The molecule has 1 aromatic rings. The number of hydrogen-bond donors (Lipinski definition) is 1. The first-order valence-corrected chi connectivity index (χ1v) is 9.05. The van der Waals surface area contributed by atoms with E-state index in [9.17, 15) is 4.79 Å². The highest BCUT2D eigenvalue weighted by Crippen LogP contribution is 2.43. The number of fused-ring (bicyclic) bond motifs is 2. The molecular formula is C20H27NO3. The summed E-state index contributed by atoms with van der Waals surface area (Å²) in [5, 5.41) is 3.10. The van der Waals surface area contributed by atoms with Crippen molar-refractivity contribution in [2.24, 2.45) is 17.8 Å². The number of hydrogen-bond acceptors (Lipinski definition) is 3. The highest BCUT2D eigenvalue weighted by molar-refractivity contribution is 5.80. The molecule has 0 aromatic heterocycles. The molecule has 2 bridgehead atoms. The Morgan fingerprint density at radius 1 is 1.12 bits per heavy atom. The predicted molar refractivity (Wildman–Crippen MR) is 94.3 cm³/mol. The fraction of sp³-hybridized carbons (Fsp3) is 0.550. The molecule has 3 rings (SSSR count). The first-order valence-electron chi connectivity index (χ1n) is 9.05. The molecule has 0 spiro atoms. The van der Waals surface area contributed by atoms with Gasteiger partial charge in [0.1, 0.15) is 0 Å². The van der Waals surface area contributed by atoms with Crippen LogP contribution in [-0.4, -0.2) is 25.7 Å². The van der Waals surface area contributed by atoms with Crippen LogP contribution in [0.15, 0.2) is 30.4 Å². The van der Waals surface area contributed by atoms with Crippen LogP contribution in [0.25, 0.3) is 0 Å². The third kappa shape index (κ3) is 3.74. The summed E-state index contributed by atoms with van der Waals surface area (Å²) in [6, 6.07) is 6.01. The van der Waals surface area contributed by atoms with Crippen molar-refractivity contribution in [2.75, 3.05) is 19.8 Å². The van der Waals surface area contributed by atoms with E-state index in [1.54, 1.807) is 0 Å². The maximum Gasteiger partial charge on any atom is 0.223 e. The van der Waals surface area contributed by atoms with E-state index in [2.05, 4.69) is 17.5 Å². The molecule has 0 aliphatic heterocycles. The van der Waals surface area contributed by atoms with Crippen LogP contribution in [0.2, 0.25) is 0 Å². The number of allylic oxidation sites excluding steroid dienone is 2. The highest BCUT2D eigenvalue weighted by atomic mass is 16.5. The number of rotatable bonds is 8. The van der Waals surface area contributed by atoms with E-state index in [4.69, 9.17) is 9.47 Å². The number of carbonyl (C=O) groups excluding carboxylic acids is 1. The van der Waals surface area contributed by atoms with Crippen LogP contribution in [0.3, 0.4) is 0 Å². The zero-order chi connectivity index (χ0) is 16.9. The number of nitrogens with one attached hydrogen (secondary N) is 1. The standard InChI is InChI=1S/C20H27NO3/c1-3-23-18-8-6-14(13-19(18)24-4-2)9-10-21-20(22)17-12-15-5-7-16(17)11-15/h5-8,13,15-17H,3-4,9-12H2,1-2H3,(H,21,22). The van der Waals surface area contributed by atoms with Gasteiger partial charge in [0.15, 0.2) is 11.5 Å². The highest BCUT2D eigenvalue weighted by Gasteiger charge is 2.39. The molecule has 1 aromatic carbocycles. The molecule has 130 valence electrons. The van der Waals surface area contributed by atoms with Gasteiger partial charge >= 0.3 is 0 Å². The lowest BCUT2D eigenvalue weighted by Crippen LogP contribution is -2.34. The van der Waals surface area contributed by atoms with Gasteiger partial charge in [-0.2, -0.15) is 0 Å². The van der Waals surface area contributed by atoms with Gasteiger partial charge in [0.05, 0.1) is 13.2 Å². The van der Waals surface area contributed by atoms with Crippen molar-refractivity contribution in [1.29, 1.82) is 0 Å². The lowest BCUT2D eigenvalue weighted by atomic mass is 9.93. The smallest absolute Gasteiger partial charge is 0.223 e. The summed E-state index contributed by atoms with van der Waals surface area (Å²) in [6.07, 6.45) is 7.47. The second-order valence-corrected chi connectivity index (χ2v) is 6.57. The fourth-order valence-corrected chi connectivity index (χ4v) is 3.79. The minimum Gasteiger partial charge on any atom is -0.490 e. The predicted octanol–water partition coefficient (Wildman–Crippen LogP) is 3.35. The first-order chi connectivity index (χ1) is 11.7. The molecule has 4 nitrogen and oxygen atoms in total. The van der Waals surface area contributed by atoms with E-state index in [0.717, 1.165) is 36.3 Å². The number of amides is 1. The Kier molecular flexibility index (Phi) is 5.44. The molecule has 4 heteroatoms. The molecule has 1 fully saturated rings. The van der Waals surface area contributed by atoms with Gasteiger partial charge in [-0.1, -0.05) is 18.2 Å². The summed E-state index contributed by atoms with van der Waals surface area (Å²) in [6.45, 7) is 5.82. The van der Waals surface area contributed by atoms with Gasteiger partial charge in [0.25, 0.3) is 0 Å². The van der Waals surface area contributed by atoms with Crippen LogP contribution in [0.1, 0.15) is 32.3 Å². The van der Waals surface area contributed by atoms with E-state index in [1.807, 2.05) is 32.0 Å². The van der Waals surface area contributed by atoms with Crippen molar-refractivity contribution in [3.63, 3.8) is 0 Å². The zero-order valence-corrected chi connectivity index (χ0v) is 14.6. The largest absolute Gasteiger partial charge is 0.490 e. The van der Waals surface area contributed by atoms with Gasteiger partial charge in [0, 0.05) is 12.5 Å². The Morgan fingerprint density at radius 3 is 2.58 bits per heavy atom. The van der Waals surface area contributed by atoms with Gasteiger partial charge < -0.3 is 14.8 Å². The van der Waals surface area contributed by atoms with Crippen molar-refractivity contribution < 1.29 is 14.3 Å². The lowest BCUT2D eigenvalue weighted by molar-refractivity contribution is -0.125. The molecule has 1 amide bonds. The third-order valence-electron chi connectivity index (χ3n) is 4.94. The molecule has 0 saturated heterocycles. The molecule has 3 atom stereocenters. The van der Waals surface area contributed by atoms with Crippen molar-refractivity contribution in [3.05, 3.63) is 35.9 Å². The third-order valence-corrected chi connectivity index (χ3v) is 4.94. The SMILES string of the molecule is CCOc1ccc(CCNC(=O)C2CC3C=CC2C3)cc1OCC. The van der Waals surface area contributed by atoms with Crippen molar-refractivity contribution in [1.82, 2.24) is 5.32 Å².